The van der Waals surface area contributed by atoms with Crippen LogP contribution in [-0.2, 0) is 22.6 Å². The number of nitrogens with zero attached hydrogens (tertiary/aromatic N) is 2. The zero-order chi connectivity index (χ0) is 35.4. The number of carbonyl (C=O) groups is 2. The Morgan fingerprint density at radius 1 is 0.562 bits per heavy atom. The van der Waals surface area contributed by atoms with Gasteiger partial charge < -0.3 is 40.5 Å². The first-order valence-electron chi connectivity index (χ1n) is 16.8. The summed E-state index contributed by atoms with van der Waals surface area (Å²) in [5, 5.41) is 14.0. The van der Waals surface area contributed by atoms with Gasteiger partial charge in [-0.2, -0.15) is 0 Å². The summed E-state index contributed by atoms with van der Waals surface area (Å²) in [5.74, 6) is 0. The first-order valence-corrected chi connectivity index (χ1v) is 17.6. The third kappa shape index (κ3) is 19.2. The predicted octanol–water partition coefficient (Wildman–Crippen LogP) is 6.35. The number of benzene rings is 2. The Morgan fingerprint density at radius 2 is 0.896 bits per heavy atom. The minimum absolute atomic E-state index is 0.348. The quantitative estimate of drug-likeness (QED) is 0.110. The molecule has 0 unspecified atom stereocenters. The van der Waals surface area contributed by atoms with E-state index >= 15 is 0 Å². The fourth-order valence-electron chi connectivity index (χ4n) is 4.47. The Morgan fingerprint density at radius 3 is 1.23 bits per heavy atom. The number of hydrogen-bond donors (Lipinski definition) is 4. The molecule has 266 valence electrons. The fourth-order valence-corrected chi connectivity index (χ4v) is 4.82. The van der Waals surface area contributed by atoms with Crippen molar-refractivity contribution in [2.24, 2.45) is 0 Å². The Hall–Kier alpha value is -3.64. The van der Waals surface area contributed by atoms with E-state index in [0.29, 0.717) is 88.3 Å². The van der Waals surface area contributed by atoms with E-state index in [1.54, 1.807) is 9.80 Å². The molecule has 4 N–H and O–H groups in total. The Labute approximate surface area is 298 Å². The van der Waals surface area contributed by atoms with Crippen LogP contribution in [0.3, 0.4) is 0 Å². The van der Waals surface area contributed by atoms with Crippen LogP contribution in [-0.4, -0.2) is 82.7 Å². The van der Waals surface area contributed by atoms with Crippen molar-refractivity contribution < 1.29 is 19.1 Å². The molecular weight excluding hydrogens is 645 g/mol. The zero-order valence-electron chi connectivity index (χ0n) is 29.6. The van der Waals surface area contributed by atoms with Crippen molar-refractivity contribution in [1.82, 2.24) is 31.1 Å². The molecule has 0 bridgehead atoms. The molecule has 2 amide bonds. The van der Waals surface area contributed by atoms with Gasteiger partial charge in [0.1, 0.15) is 11.2 Å². The van der Waals surface area contributed by atoms with Gasteiger partial charge in [-0.25, -0.2) is 9.59 Å². The second-order valence-corrected chi connectivity index (χ2v) is 14.4. The highest BCUT2D eigenvalue weighted by atomic mass is 32.1. The van der Waals surface area contributed by atoms with Gasteiger partial charge in [-0.1, -0.05) is 60.7 Å². The SMILES string of the molecule is CC(C)(C)OC(=O)N(CCCCN(CCCNC(=S)NCc1ccccc1)C(=O)OC(C)(C)C)CCCNC(=S)NCc1ccccc1. The van der Waals surface area contributed by atoms with Gasteiger partial charge in [-0.3, -0.25) is 0 Å². The summed E-state index contributed by atoms with van der Waals surface area (Å²) < 4.78 is 11.4. The van der Waals surface area contributed by atoms with Gasteiger partial charge in [0.2, 0.25) is 0 Å². The van der Waals surface area contributed by atoms with Crippen molar-refractivity contribution in [2.45, 2.75) is 91.5 Å². The standard InChI is InChI=1S/C36H56N6O4S2/c1-35(2,3)45-33(43)41(25-15-21-37-31(47)39-27-29-17-9-7-10-18-29)23-13-14-24-42(34(44)46-36(4,5)6)26-16-22-38-32(48)40-28-30-19-11-8-12-20-30/h7-12,17-20H,13-16,21-28H2,1-6H3,(H2,37,39,47)(H2,38,40,48). The smallest absolute Gasteiger partial charge is 0.410 e. The summed E-state index contributed by atoms with van der Waals surface area (Å²) in [7, 11) is 0. The van der Waals surface area contributed by atoms with Gasteiger partial charge >= 0.3 is 12.2 Å². The number of nitrogens with one attached hydrogen (secondary N) is 4. The van der Waals surface area contributed by atoms with Crippen LogP contribution in [0.2, 0.25) is 0 Å². The van der Waals surface area contributed by atoms with Crippen LogP contribution in [0.1, 0.15) is 78.4 Å². The summed E-state index contributed by atoms with van der Waals surface area (Å²) in [6.45, 7) is 15.8. The lowest BCUT2D eigenvalue weighted by molar-refractivity contribution is 0.0208. The first kappa shape index (κ1) is 40.5. The van der Waals surface area contributed by atoms with E-state index < -0.39 is 11.2 Å². The van der Waals surface area contributed by atoms with Crippen molar-refractivity contribution in [3.05, 3.63) is 71.8 Å². The summed E-state index contributed by atoms with van der Waals surface area (Å²) in [6.07, 6.45) is 2.11. The van der Waals surface area contributed by atoms with Crippen molar-refractivity contribution in [3.8, 4) is 0 Å². The van der Waals surface area contributed by atoms with Crippen molar-refractivity contribution in [1.29, 1.82) is 0 Å². The van der Waals surface area contributed by atoms with Gasteiger partial charge in [0.05, 0.1) is 0 Å². The lowest BCUT2D eigenvalue weighted by atomic mass is 10.2. The summed E-state index contributed by atoms with van der Waals surface area (Å²) >= 11 is 10.8. The molecule has 0 saturated heterocycles. The third-order valence-corrected chi connectivity index (χ3v) is 7.36. The number of hydrogen-bond acceptors (Lipinski definition) is 6. The third-order valence-electron chi connectivity index (χ3n) is 6.78. The maximum atomic E-state index is 13.0. The number of ether oxygens (including phenoxy) is 2. The van der Waals surface area contributed by atoms with Crippen LogP contribution in [0.15, 0.2) is 60.7 Å². The minimum atomic E-state index is -0.600. The molecule has 0 atom stereocenters. The number of carbonyl (C=O) groups excluding carboxylic acids is 2. The van der Waals surface area contributed by atoms with E-state index in [4.69, 9.17) is 33.9 Å². The average molecular weight is 701 g/mol. The van der Waals surface area contributed by atoms with Crippen molar-refractivity contribution in [2.75, 3.05) is 39.3 Å². The maximum absolute atomic E-state index is 13.0. The Balaban J connectivity index is 1.81. The summed E-state index contributed by atoms with van der Waals surface area (Å²) in [4.78, 5) is 29.5. The molecule has 0 aromatic heterocycles. The van der Waals surface area contributed by atoms with Gasteiger partial charge in [0.25, 0.3) is 0 Å². The van der Waals surface area contributed by atoms with Crippen molar-refractivity contribution >= 4 is 46.8 Å². The van der Waals surface area contributed by atoms with Gasteiger partial charge in [-0.05, 0) is 103 Å². The number of rotatable bonds is 17. The molecule has 0 aliphatic carbocycles. The molecule has 0 aliphatic heterocycles. The average Bonchev–Trinajstić information content (AvgIpc) is 3.02. The topological polar surface area (TPSA) is 107 Å². The van der Waals surface area contributed by atoms with Gasteiger partial charge in [-0.15, -0.1) is 0 Å². The minimum Gasteiger partial charge on any atom is -0.444 e. The highest BCUT2D eigenvalue weighted by Gasteiger charge is 2.24. The molecule has 0 fully saturated rings. The van der Waals surface area contributed by atoms with Gasteiger partial charge in [0, 0.05) is 52.4 Å². The molecule has 48 heavy (non-hydrogen) atoms. The molecule has 2 rings (SSSR count). The number of amides is 2. The van der Waals surface area contributed by atoms with Crippen LogP contribution in [0, 0.1) is 0 Å². The molecular formula is C36H56N6O4S2. The molecule has 0 radical (unpaired) electrons. The van der Waals surface area contributed by atoms with Crippen LogP contribution in [0.5, 0.6) is 0 Å². The van der Waals surface area contributed by atoms with Crippen LogP contribution < -0.4 is 21.3 Å². The first-order chi connectivity index (χ1) is 22.7. The second-order valence-electron chi connectivity index (χ2n) is 13.5. The molecule has 2 aromatic carbocycles. The highest BCUT2D eigenvalue weighted by molar-refractivity contribution is 7.80. The molecule has 0 saturated carbocycles. The van der Waals surface area contributed by atoms with Crippen molar-refractivity contribution in [3.63, 3.8) is 0 Å². The van der Waals surface area contributed by atoms with E-state index in [0.717, 1.165) is 11.1 Å². The normalized spacial score (nSPS) is 11.2. The highest BCUT2D eigenvalue weighted by Crippen LogP contribution is 2.13. The predicted molar refractivity (Wildman–Crippen MR) is 202 cm³/mol. The maximum Gasteiger partial charge on any atom is 0.410 e. The fraction of sp³-hybridized carbons (Fsp3) is 0.556. The molecule has 2 aromatic rings. The van der Waals surface area contributed by atoms with E-state index in [2.05, 4.69) is 21.3 Å². The van der Waals surface area contributed by atoms with E-state index in [9.17, 15) is 9.59 Å². The van der Waals surface area contributed by atoms with E-state index in [1.807, 2.05) is 102 Å². The molecule has 12 heteroatoms. The van der Waals surface area contributed by atoms with Crippen LogP contribution >= 0.6 is 24.4 Å². The lowest BCUT2D eigenvalue weighted by Gasteiger charge is -2.29. The van der Waals surface area contributed by atoms with Crippen LogP contribution in [0.25, 0.3) is 0 Å². The number of unbranched alkanes of at least 4 members (excludes halogenated alkanes) is 1. The Bertz CT molecular complexity index is 1160. The van der Waals surface area contributed by atoms with Gasteiger partial charge in [0.15, 0.2) is 10.2 Å². The molecule has 0 heterocycles. The van der Waals surface area contributed by atoms with Crippen LogP contribution in [0.4, 0.5) is 9.59 Å². The van der Waals surface area contributed by atoms with E-state index in [-0.39, 0.29) is 12.2 Å². The monoisotopic (exact) mass is 700 g/mol. The molecule has 0 spiro atoms. The molecule has 0 aliphatic rings. The second kappa shape index (κ2) is 21.4. The number of thiocarbonyl (C=S) groups is 2. The largest absolute Gasteiger partial charge is 0.444 e. The summed E-state index contributed by atoms with van der Waals surface area (Å²) in [5.41, 5.74) is 1.10. The summed E-state index contributed by atoms with van der Waals surface area (Å²) in [6, 6.07) is 20.1. The van der Waals surface area contributed by atoms with E-state index in [1.165, 1.54) is 0 Å². The Kier molecular flexibility index (Phi) is 18.0. The molecule has 10 nitrogen and oxygen atoms in total. The zero-order valence-corrected chi connectivity index (χ0v) is 31.2. The lowest BCUT2D eigenvalue weighted by Crippen LogP contribution is -2.41.